The molecule has 0 aliphatic carbocycles. The molecule has 22 heavy (non-hydrogen) atoms. The van der Waals surface area contributed by atoms with Crippen LogP contribution in [0.4, 0.5) is 10.1 Å². The SMILES string of the molecule is Cc1ccc(OCCCC(=O)Nc2cc(Cl)ccc2F)cc1. The Morgan fingerprint density at radius 2 is 1.95 bits per heavy atom. The summed E-state index contributed by atoms with van der Waals surface area (Å²) in [6, 6.07) is 11.7. The summed E-state index contributed by atoms with van der Waals surface area (Å²) in [5.74, 6) is -0.00535. The summed E-state index contributed by atoms with van der Waals surface area (Å²) in [6.07, 6.45) is 0.791. The minimum absolute atomic E-state index is 0.0944. The van der Waals surface area contributed by atoms with Crippen LogP contribution in [0.5, 0.6) is 5.75 Å². The van der Waals surface area contributed by atoms with E-state index >= 15 is 0 Å². The lowest BCUT2D eigenvalue weighted by Gasteiger charge is -2.08. The zero-order valence-electron chi connectivity index (χ0n) is 12.2. The molecule has 0 heterocycles. The molecular formula is C17H17ClFNO2. The third-order valence-corrected chi connectivity index (χ3v) is 3.28. The highest BCUT2D eigenvalue weighted by atomic mass is 35.5. The topological polar surface area (TPSA) is 38.3 Å². The van der Waals surface area contributed by atoms with Crippen LogP contribution in [-0.2, 0) is 4.79 Å². The van der Waals surface area contributed by atoms with Gasteiger partial charge in [0, 0.05) is 11.4 Å². The molecule has 2 aromatic carbocycles. The Hall–Kier alpha value is -2.07. The van der Waals surface area contributed by atoms with Gasteiger partial charge in [0.25, 0.3) is 0 Å². The monoisotopic (exact) mass is 321 g/mol. The summed E-state index contributed by atoms with van der Waals surface area (Å²) < 4.78 is 19.0. The van der Waals surface area contributed by atoms with E-state index in [2.05, 4.69) is 5.32 Å². The number of halogens is 2. The third-order valence-electron chi connectivity index (χ3n) is 3.04. The number of amides is 1. The number of hydrogen-bond donors (Lipinski definition) is 1. The molecule has 0 atom stereocenters. The van der Waals surface area contributed by atoms with Crippen molar-refractivity contribution in [1.82, 2.24) is 0 Å². The van der Waals surface area contributed by atoms with Crippen molar-refractivity contribution in [3.05, 3.63) is 58.9 Å². The molecule has 0 aliphatic rings. The van der Waals surface area contributed by atoms with Gasteiger partial charge in [-0.25, -0.2) is 4.39 Å². The van der Waals surface area contributed by atoms with Gasteiger partial charge < -0.3 is 10.1 Å². The molecule has 0 radical (unpaired) electrons. The van der Waals surface area contributed by atoms with E-state index in [1.165, 1.54) is 18.2 Å². The van der Waals surface area contributed by atoms with Crippen LogP contribution in [0, 0.1) is 12.7 Å². The minimum Gasteiger partial charge on any atom is -0.494 e. The number of nitrogens with one attached hydrogen (secondary N) is 1. The van der Waals surface area contributed by atoms with Gasteiger partial charge in [-0.15, -0.1) is 0 Å². The molecule has 0 saturated carbocycles. The predicted molar refractivity (Wildman–Crippen MR) is 85.9 cm³/mol. The van der Waals surface area contributed by atoms with E-state index in [1.807, 2.05) is 31.2 Å². The number of anilines is 1. The first-order valence-electron chi connectivity index (χ1n) is 6.99. The van der Waals surface area contributed by atoms with E-state index in [0.717, 1.165) is 11.3 Å². The van der Waals surface area contributed by atoms with Crippen LogP contribution in [0.25, 0.3) is 0 Å². The third kappa shape index (κ3) is 5.04. The number of carbonyl (C=O) groups is 1. The van der Waals surface area contributed by atoms with Gasteiger partial charge in [-0.1, -0.05) is 29.3 Å². The lowest BCUT2D eigenvalue weighted by Crippen LogP contribution is -2.13. The normalized spacial score (nSPS) is 10.3. The van der Waals surface area contributed by atoms with Crippen molar-refractivity contribution in [2.24, 2.45) is 0 Å². The fourth-order valence-corrected chi connectivity index (χ4v) is 2.04. The molecule has 5 heteroatoms. The first-order chi connectivity index (χ1) is 10.5. The molecule has 0 bridgehead atoms. The highest BCUT2D eigenvalue weighted by Crippen LogP contribution is 2.19. The molecule has 1 amide bonds. The van der Waals surface area contributed by atoms with Gasteiger partial charge in [0.15, 0.2) is 0 Å². The van der Waals surface area contributed by atoms with Crippen molar-refractivity contribution in [3.8, 4) is 5.75 Å². The fourth-order valence-electron chi connectivity index (χ4n) is 1.86. The molecule has 0 fully saturated rings. The van der Waals surface area contributed by atoms with Crippen molar-refractivity contribution >= 4 is 23.2 Å². The summed E-state index contributed by atoms with van der Waals surface area (Å²) >= 11 is 5.77. The second-order valence-electron chi connectivity index (χ2n) is 4.94. The van der Waals surface area contributed by atoms with Crippen molar-refractivity contribution in [1.29, 1.82) is 0 Å². The average Bonchev–Trinajstić information content (AvgIpc) is 2.49. The van der Waals surface area contributed by atoms with Gasteiger partial charge >= 0.3 is 0 Å². The first kappa shape index (κ1) is 16.3. The molecule has 2 aromatic rings. The molecule has 0 spiro atoms. The van der Waals surface area contributed by atoms with Crippen molar-refractivity contribution in [2.45, 2.75) is 19.8 Å². The van der Waals surface area contributed by atoms with Crippen molar-refractivity contribution < 1.29 is 13.9 Å². The van der Waals surface area contributed by atoms with E-state index < -0.39 is 5.82 Å². The zero-order valence-corrected chi connectivity index (χ0v) is 13.0. The lowest BCUT2D eigenvalue weighted by atomic mass is 10.2. The summed E-state index contributed by atoms with van der Waals surface area (Å²) in [5.41, 5.74) is 1.26. The van der Waals surface area contributed by atoms with E-state index in [4.69, 9.17) is 16.3 Å². The maximum Gasteiger partial charge on any atom is 0.224 e. The van der Waals surface area contributed by atoms with Gasteiger partial charge in [-0.2, -0.15) is 0 Å². The van der Waals surface area contributed by atoms with E-state index in [-0.39, 0.29) is 18.0 Å². The first-order valence-corrected chi connectivity index (χ1v) is 7.37. The molecule has 0 aromatic heterocycles. The summed E-state index contributed by atoms with van der Waals surface area (Å²) in [5, 5.41) is 2.88. The van der Waals surface area contributed by atoms with Crippen molar-refractivity contribution in [3.63, 3.8) is 0 Å². The highest BCUT2D eigenvalue weighted by Gasteiger charge is 2.07. The molecule has 1 N–H and O–H groups in total. The van der Waals surface area contributed by atoms with Crippen LogP contribution in [0.3, 0.4) is 0 Å². The van der Waals surface area contributed by atoms with Crippen LogP contribution in [-0.4, -0.2) is 12.5 Å². The van der Waals surface area contributed by atoms with Crippen molar-refractivity contribution in [2.75, 3.05) is 11.9 Å². The lowest BCUT2D eigenvalue weighted by molar-refractivity contribution is -0.116. The van der Waals surface area contributed by atoms with Gasteiger partial charge in [0.1, 0.15) is 11.6 Å². The Kier molecular flexibility index (Phi) is 5.78. The standard InChI is InChI=1S/C17H17ClFNO2/c1-12-4-7-14(8-5-12)22-10-2-3-17(21)20-16-11-13(18)6-9-15(16)19/h4-9,11H,2-3,10H2,1H3,(H,20,21). The molecule has 116 valence electrons. The van der Waals surface area contributed by atoms with E-state index in [0.29, 0.717) is 18.1 Å². The number of aryl methyl sites for hydroxylation is 1. The summed E-state index contributed by atoms with van der Waals surface area (Å²) in [4.78, 5) is 11.8. The highest BCUT2D eigenvalue weighted by molar-refractivity contribution is 6.30. The Morgan fingerprint density at radius 1 is 1.23 bits per heavy atom. The second-order valence-corrected chi connectivity index (χ2v) is 5.37. The van der Waals surface area contributed by atoms with Crippen LogP contribution in [0.2, 0.25) is 5.02 Å². The Bertz CT molecular complexity index is 644. The molecule has 3 nitrogen and oxygen atoms in total. The van der Waals surface area contributed by atoms with Crippen LogP contribution in [0.1, 0.15) is 18.4 Å². The smallest absolute Gasteiger partial charge is 0.224 e. The number of carbonyl (C=O) groups excluding carboxylic acids is 1. The number of ether oxygens (including phenoxy) is 1. The van der Waals surface area contributed by atoms with Gasteiger partial charge in [0.2, 0.25) is 5.91 Å². The van der Waals surface area contributed by atoms with Crippen LogP contribution < -0.4 is 10.1 Å². The van der Waals surface area contributed by atoms with Crippen LogP contribution in [0.15, 0.2) is 42.5 Å². The van der Waals surface area contributed by atoms with Crippen LogP contribution >= 0.6 is 11.6 Å². The Labute approximate surface area is 134 Å². The maximum atomic E-state index is 13.5. The molecule has 2 rings (SSSR count). The second kappa shape index (κ2) is 7.80. The Balaban J connectivity index is 1.74. The minimum atomic E-state index is -0.506. The number of hydrogen-bond acceptors (Lipinski definition) is 2. The molecular weight excluding hydrogens is 305 g/mol. The molecule has 0 aliphatic heterocycles. The number of benzene rings is 2. The van der Waals surface area contributed by atoms with E-state index in [9.17, 15) is 9.18 Å². The predicted octanol–water partition coefficient (Wildman–Crippen LogP) is 4.59. The molecule has 0 saturated heterocycles. The zero-order chi connectivity index (χ0) is 15.9. The fraction of sp³-hybridized carbons (Fsp3) is 0.235. The quantitative estimate of drug-likeness (QED) is 0.790. The van der Waals surface area contributed by atoms with Gasteiger partial charge in [0.05, 0.1) is 12.3 Å². The summed E-state index contributed by atoms with van der Waals surface area (Å²) in [7, 11) is 0. The largest absolute Gasteiger partial charge is 0.494 e. The van der Waals surface area contributed by atoms with Gasteiger partial charge in [-0.05, 0) is 43.7 Å². The summed E-state index contributed by atoms with van der Waals surface area (Å²) in [6.45, 7) is 2.43. The van der Waals surface area contributed by atoms with Gasteiger partial charge in [-0.3, -0.25) is 4.79 Å². The molecule has 0 unspecified atom stereocenters. The maximum absolute atomic E-state index is 13.5. The van der Waals surface area contributed by atoms with E-state index in [1.54, 1.807) is 0 Å². The average molecular weight is 322 g/mol. The Morgan fingerprint density at radius 3 is 2.68 bits per heavy atom. The number of rotatable bonds is 6.